The van der Waals surface area contributed by atoms with E-state index in [-0.39, 0.29) is 11.7 Å². The molecule has 0 radical (unpaired) electrons. The van der Waals surface area contributed by atoms with Crippen LogP contribution in [0.25, 0.3) is 6.08 Å². The molecule has 0 bridgehead atoms. The lowest BCUT2D eigenvalue weighted by Gasteiger charge is -2.49. The van der Waals surface area contributed by atoms with Crippen molar-refractivity contribution < 1.29 is 9.18 Å². The molecule has 3 nitrogen and oxygen atoms in total. The lowest BCUT2D eigenvalue weighted by molar-refractivity contribution is -0.124. The Morgan fingerprint density at radius 2 is 1.92 bits per heavy atom. The Kier molecular flexibility index (Phi) is 3.85. The summed E-state index contributed by atoms with van der Waals surface area (Å²) in [5, 5.41) is 3.86. The van der Waals surface area contributed by atoms with E-state index < -0.39 is 11.1 Å². The minimum Gasteiger partial charge on any atom is -0.344 e. The van der Waals surface area contributed by atoms with Gasteiger partial charge in [0.2, 0.25) is 5.91 Å². The van der Waals surface area contributed by atoms with Crippen LogP contribution in [0.15, 0.2) is 48.5 Å². The number of amides is 1. The SMILES string of the molecule is CC1(C)c2cc(F)ccc2N2CCC(=O)NC21C=Cc1ccc(Cl)cc1. The van der Waals surface area contributed by atoms with Crippen LogP contribution >= 0.6 is 11.6 Å². The average Bonchev–Trinajstić information content (AvgIpc) is 2.79. The third kappa shape index (κ3) is 2.43. The molecule has 5 heteroatoms. The van der Waals surface area contributed by atoms with Gasteiger partial charge in [-0.2, -0.15) is 0 Å². The van der Waals surface area contributed by atoms with Crippen LogP contribution in [0.5, 0.6) is 0 Å². The van der Waals surface area contributed by atoms with E-state index in [0.29, 0.717) is 18.0 Å². The zero-order valence-electron chi connectivity index (χ0n) is 14.7. The number of hydrogen-bond acceptors (Lipinski definition) is 2. The standard InChI is InChI=1S/C21H20ClFN2O/c1-20(2)17-13-16(23)7-8-18(17)25-12-10-19(26)24-21(20,25)11-9-14-3-5-15(22)6-4-14/h3-9,11,13H,10,12H2,1-2H3,(H,24,26). The maximum absolute atomic E-state index is 13.9. The number of carbonyl (C=O) groups excluding carboxylic acids is 1. The van der Waals surface area contributed by atoms with Gasteiger partial charge in [0.15, 0.2) is 0 Å². The van der Waals surface area contributed by atoms with Gasteiger partial charge >= 0.3 is 0 Å². The van der Waals surface area contributed by atoms with E-state index in [4.69, 9.17) is 11.6 Å². The van der Waals surface area contributed by atoms with Gasteiger partial charge in [-0.3, -0.25) is 4.79 Å². The van der Waals surface area contributed by atoms with E-state index in [0.717, 1.165) is 16.8 Å². The molecule has 2 aliphatic heterocycles. The molecule has 1 amide bonds. The summed E-state index contributed by atoms with van der Waals surface area (Å²) in [6.07, 6.45) is 4.42. The van der Waals surface area contributed by atoms with Crippen LogP contribution in [0, 0.1) is 5.82 Å². The molecule has 1 saturated heterocycles. The van der Waals surface area contributed by atoms with Gasteiger partial charge in [0.1, 0.15) is 11.5 Å². The first-order valence-electron chi connectivity index (χ1n) is 8.67. The largest absolute Gasteiger partial charge is 0.344 e. The van der Waals surface area contributed by atoms with Crippen molar-refractivity contribution in [2.45, 2.75) is 31.3 Å². The minimum atomic E-state index is -0.738. The smallest absolute Gasteiger partial charge is 0.223 e. The second-order valence-electron chi connectivity index (χ2n) is 7.39. The van der Waals surface area contributed by atoms with Gasteiger partial charge in [0, 0.05) is 29.1 Å². The Bertz CT molecular complexity index is 907. The van der Waals surface area contributed by atoms with Gasteiger partial charge in [-0.1, -0.05) is 43.7 Å². The van der Waals surface area contributed by atoms with Gasteiger partial charge in [-0.25, -0.2) is 4.39 Å². The number of hydrogen-bond donors (Lipinski definition) is 1. The number of anilines is 1. The molecule has 1 unspecified atom stereocenters. The summed E-state index contributed by atoms with van der Waals surface area (Å²) in [6, 6.07) is 12.4. The van der Waals surface area contributed by atoms with Crippen LogP contribution in [0.4, 0.5) is 10.1 Å². The van der Waals surface area contributed by atoms with Gasteiger partial charge in [-0.15, -0.1) is 0 Å². The molecule has 26 heavy (non-hydrogen) atoms. The monoisotopic (exact) mass is 370 g/mol. The summed E-state index contributed by atoms with van der Waals surface area (Å²) in [4.78, 5) is 14.5. The molecule has 2 aromatic carbocycles. The Labute approximate surface area is 157 Å². The molecule has 2 aliphatic rings. The van der Waals surface area contributed by atoms with E-state index in [1.54, 1.807) is 6.07 Å². The molecule has 0 spiro atoms. The summed E-state index contributed by atoms with van der Waals surface area (Å²) in [7, 11) is 0. The minimum absolute atomic E-state index is 0.00311. The highest BCUT2D eigenvalue weighted by atomic mass is 35.5. The fourth-order valence-electron chi connectivity index (χ4n) is 4.12. The van der Waals surface area contributed by atoms with E-state index in [9.17, 15) is 9.18 Å². The molecule has 4 rings (SSSR count). The second kappa shape index (κ2) is 5.85. The number of benzene rings is 2. The van der Waals surface area contributed by atoms with Crippen molar-refractivity contribution in [1.29, 1.82) is 0 Å². The first-order chi connectivity index (χ1) is 12.3. The first kappa shape index (κ1) is 17.1. The van der Waals surface area contributed by atoms with Crippen molar-refractivity contribution in [1.82, 2.24) is 5.32 Å². The van der Waals surface area contributed by atoms with Crippen molar-refractivity contribution in [3.8, 4) is 0 Å². The molecule has 2 aromatic rings. The van der Waals surface area contributed by atoms with E-state index in [2.05, 4.69) is 10.2 Å². The zero-order valence-corrected chi connectivity index (χ0v) is 15.5. The summed E-state index contributed by atoms with van der Waals surface area (Å²) in [5.74, 6) is -0.261. The second-order valence-corrected chi connectivity index (χ2v) is 7.82. The molecule has 0 saturated carbocycles. The molecular weight excluding hydrogens is 351 g/mol. The number of fused-ring (bicyclic) bond motifs is 3. The topological polar surface area (TPSA) is 32.3 Å². The fraction of sp³-hybridized carbons (Fsp3) is 0.286. The number of nitrogens with one attached hydrogen (secondary N) is 1. The van der Waals surface area contributed by atoms with Crippen LogP contribution in [-0.4, -0.2) is 18.1 Å². The van der Waals surface area contributed by atoms with Crippen molar-refractivity contribution >= 4 is 29.3 Å². The third-order valence-corrected chi connectivity index (χ3v) is 5.83. The normalized spacial score (nSPS) is 23.7. The summed E-state index contributed by atoms with van der Waals surface area (Å²) in [5.41, 5.74) is 1.63. The highest BCUT2D eigenvalue weighted by Crippen LogP contribution is 2.52. The lowest BCUT2D eigenvalue weighted by Crippen LogP contribution is -2.68. The number of halogens is 2. The number of carbonyl (C=O) groups is 1. The van der Waals surface area contributed by atoms with Crippen molar-refractivity contribution in [2.24, 2.45) is 0 Å². The van der Waals surface area contributed by atoms with E-state index in [1.165, 1.54) is 6.07 Å². The van der Waals surface area contributed by atoms with Crippen LogP contribution < -0.4 is 10.2 Å². The summed E-state index contributed by atoms with van der Waals surface area (Å²) >= 11 is 5.96. The Hall–Kier alpha value is -2.33. The van der Waals surface area contributed by atoms with Crippen LogP contribution in [-0.2, 0) is 10.2 Å². The third-order valence-electron chi connectivity index (χ3n) is 5.58. The summed E-state index contributed by atoms with van der Waals surface area (Å²) < 4.78 is 13.9. The van der Waals surface area contributed by atoms with Crippen LogP contribution in [0.3, 0.4) is 0 Å². The van der Waals surface area contributed by atoms with E-state index >= 15 is 0 Å². The lowest BCUT2D eigenvalue weighted by atomic mass is 9.74. The molecule has 0 aromatic heterocycles. The van der Waals surface area contributed by atoms with Crippen molar-refractivity contribution in [3.63, 3.8) is 0 Å². The first-order valence-corrected chi connectivity index (χ1v) is 9.05. The summed E-state index contributed by atoms with van der Waals surface area (Å²) in [6.45, 7) is 4.69. The van der Waals surface area contributed by atoms with Gasteiger partial charge in [-0.05, 0) is 47.5 Å². The fourth-order valence-corrected chi connectivity index (χ4v) is 4.24. The maximum Gasteiger partial charge on any atom is 0.223 e. The molecule has 1 fully saturated rings. The Balaban J connectivity index is 1.84. The molecule has 2 heterocycles. The molecular formula is C21H20ClFN2O. The van der Waals surface area contributed by atoms with Gasteiger partial charge in [0.25, 0.3) is 0 Å². The predicted octanol–water partition coefficient (Wildman–Crippen LogP) is 4.51. The maximum atomic E-state index is 13.9. The van der Waals surface area contributed by atoms with E-state index in [1.807, 2.05) is 56.3 Å². The zero-order chi connectivity index (χ0) is 18.5. The van der Waals surface area contributed by atoms with Crippen LogP contribution in [0.1, 0.15) is 31.4 Å². The predicted molar refractivity (Wildman–Crippen MR) is 103 cm³/mol. The molecule has 0 aliphatic carbocycles. The van der Waals surface area contributed by atoms with Gasteiger partial charge < -0.3 is 10.2 Å². The Morgan fingerprint density at radius 3 is 2.65 bits per heavy atom. The quantitative estimate of drug-likeness (QED) is 0.843. The van der Waals surface area contributed by atoms with Crippen molar-refractivity contribution in [2.75, 3.05) is 11.4 Å². The Morgan fingerprint density at radius 1 is 1.19 bits per heavy atom. The van der Waals surface area contributed by atoms with Crippen molar-refractivity contribution in [3.05, 3.63) is 70.5 Å². The average molecular weight is 371 g/mol. The molecule has 1 N–H and O–H groups in total. The van der Waals surface area contributed by atoms with Gasteiger partial charge in [0.05, 0.1) is 0 Å². The van der Waals surface area contributed by atoms with Crippen LogP contribution in [0.2, 0.25) is 5.02 Å². The number of rotatable bonds is 2. The molecule has 134 valence electrons. The highest BCUT2D eigenvalue weighted by Gasteiger charge is 2.57. The molecule has 1 atom stereocenters. The highest BCUT2D eigenvalue weighted by molar-refractivity contribution is 6.30. The number of nitrogens with zero attached hydrogens (tertiary/aromatic N) is 1.